The molecular formula is C24H30N2O2S. The van der Waals surface area contributed by atoms with Gasteiger partial charge in [0.15, 0.2) is 0 Å². The Hall–Kier alpha value is -2.14. The number of benzene rings is 1. The van der Waals surface area contributed by atoms with E-state index in [2.05, 4.69) is 31.4 Å². The lowest BCUT2D eigenvalue weighted by Gasteiger charge is -2.40. The third-order valence-electron chi connectivity index (χ3n) is 7.76. The molecule has 2 aliphatic rings. The van der Waals surface area contributed by atoms with Gasteiger partial charge in [0.05, 0.1) is 4.88 Å². The van der Waals surface area contributed by atoms with Crippen LogP contribution in [0.4, 0.5) is 0 Å². The van der Waals surface area contributed by atoms with Crippen LogP contribution in [0.3, 0.4) is 0 Å². The average Bonchev–Trinajstić information content (AvgIpc) is 3.35. The first kappa shape index (κ1) is 20.1. The zero-order chi connectivity index (χ0) is 20.6. The zero-order valence-electron chi connectivity index (χ0n) is 17.4. The van der Waals surface area contributed by atoms with Crippen LogP contribution in [0.25, 0.3) is 0 Å². The van der Waals surface area contributed by atoms with Gasteiger partial charge in [0.1, 0.15) is 6.04 Å². The molecule has 1 aromatic carbocycles. The van der Waals surface area contributed by atoms with E-state index < -0.39 is 6.04 Å². The van der Waals surface area contributed by atoms with Crippen LogP contribution >= 0.6 is 11.3 Å². The van der Waals surface area contributed by atoms with Crippen molar-refractivity contribution in [3.8, 4) is 0 Å². The maximum Gasteiger partial charge on any atom is 0.262 e. The maximum absolute atomic E-state index is 13.3. The first-order valence-corrected chi connectivity index (χ1v) is 11.4. The van der Waals surface area contributed by atoms with E-state index in [4.69, 9.17) is 0 Å². The summed E-state index contributed by atoms with van der Waals surface area (Å²) in [5.41, 5.74) is 1.39. The van der Waals surface area contributed by atoms with Crippen molar-refractivity contribution < 1.29 is 9.59 Å². The van der Waals surface area contributed by atoms with Crippen molar-refractivity contribution in [3.05, 3.63) is 58.3 Å². The molecule has 1 aromatic heterocycles. The number of hydrogen-bond donors (Lipinski definition) is 2. The average molecular weight is 411 g/mol. The summed E-state index contributed by atoms with van der Waals surface area (Å²) in [7, 11) is 0. The molecule has 4 atom stereocenters. The molecule has 154 valence electrons. The highest BCUT2D eigenvalue weighted by Crippen LogP contribution is 2.65. The number of hydrogen-bond acceptors (Lipinski definition) is 3. The van der Waals surface area contributed by atoms with E-state index in [1.54, 1.807) is 6.07 Å². The minimum Gasteiger partial charge on any atom is -0.351 e. The number of carbonyl (C=O) groups is 2. The van der Waals surface area contributed by atoms with Gasteiger partial charge < -0.3 is 10.6 Å². The summed E-state index contributed by atoms with van der Waals surface area (Å²) in [6, 6.07) is 13.1. The summed E-state index contributed by atoms with van der Waals surface area (Å²) < 4.78 is 0. The molecule has 1 heterocycles. The van der Waals surface area contributed by atoms with Gasteiger partial charge >= 0.3 is 0 Å². The molecule has 4 rings (SSSR count). The van der Waals surface area contributed by atoms with E-state index in [0.717, 1.165) is 18.4 Å². The van der Waals surface area contributed by atoms with Gasteiger partial charge in [0.25, 0.3) is 5.91 Å². The van der Waals surface area contributed by atoms with Crippen LogP contribution in [-0.2, 0) is 11.2 Å². The van der Waals surface area contributed by atoms with Crippen LogP contribution < -0.4 is 10.6 Å². The summed E-state index contributed by atoms with van der Waals surface area (Å²) in [5, 5.41) is 8.18. The molecule has 2 N–H and O–H groups in total. The Kier molecular flexibility index (Phi) is 5.28. The van der Waals surface area contributed by atoms with Crippen molar-refractivity contribution in [1.82, 2.24) is 10.6 Å². The van der Waals surface area contributed by atoms with Crippen molar-refractivity contribution in [1.29, 1.82) is 0 Å². The van der Waals surface area contributed by atoms with Crippen LogP contribution in [-0.4, -0.2) is 23.9 Å². The van der Waals surface area contributed by atoms with Gasteiger partial charge in [-0.1, -0.05) is 57.2 Å². The van der Waals surface area contributed by atoms with E-state index >= 15 is 0 Å². The molecule has 5 heteroatoms. The molecule has 0 unspecified atom stereocenters. The van der Waals surface area contributed by atoms with Crippen molar-refractivity contribution in [2.75, 3.05) is 0 Å². The van der Waals surface area contributed by atoms with Crippen LogP contribution in [0.5, 0.6) is 0 Å². The summed E-state index contributed by atoms with van der Waals surface area (Å²) in [5.74, 6) is 0.398. The topological polar surface area (TPSA) is 58.2 Å². The molecule has 4 nitrogen and oxygen atoms in total. The minimum atomic E-state index is -0.585. The van der Waals surface area contributed by atoms with E-state index in [1.807, 2.05) is 41.8 Å². The Bertz CT molecular complexity index is 878. The largest absolute Gasteiger partial charge is 0.351 e. The normalized spacial score (nSPS) is 28.1. The third kappa shape index (κ3) is 3.61. The molecule has 2 saturated carbocycles. The molecule has 2 fully saturated rings. The van der Waals surface area contributed by atoms with E-state index in [9.17, 15) is 9.59 Å². The highest BCUT2D eigenvalue weighted by atomic mass is 32.1. The lowest BCUT2D eigenvalue weighted by atomic mass is 9.69. The molecule has 0 spiro atoms. The fraction of sp³-hybridized carbons (Fsp3) is 0.500. The second-order valence-electron chi connectivity index (χ2n) is 9.36. The van der Waals surface area contributed by atoms with Crippen molar-refractivity contribution in [2.24, 2.45) is 16.7 Å². The quantitative estimate of drug-likeness (QED) is 0.741. The second kappa shape index (κ2) is 7.60. The summed E-state index contributed by atoms with van der Waals surface area (Å²) >= 11 is 1.39. The smallest absolute Gasteiger partial charge is 0.262 e. The molecule has 2 amide bonds. The standard InChI is InChI=1S/C24H30N2O2S/c1-23(2)17-11-12-24(23,3)20(15-17)26-21(27)18(14-16-8-5-4-6-9-16)25-22(28)19-10-7-13-29-19/h4-10,13,17-18,20H,11-12,14-15H2,1-3H3,(H,25,28)(H,26,27)/t17-,18-,20+,24+/m0/s1. The van der Waals surface area contributed by atoms with Gasteiger partial charge in [-0.3, -0.25) is 9.59 Å². The van der Waals surface area contributed by atoms with Crippen LogP contribution in [0.15, 0.2) is 47.8 Å². The Morgan fingerprint density at radius 2 is 1.90 bits per heavy atom. The molecule has 0 aliphatic heterocycles. The van der Waals surface area contributed by atoms with Crippen molar-refractivity contribution in [2.45, 2.75) is 58.5 Å². The Morgan fingerprint density at radius 3 is 2.48 bits per heavy atom. The van der Waals surface area contributed by atoms with Gasteiger partial charge in [-0.2, -0.15) is 0 Å². The highest BCUT2D eigenvalue weighted by molar-refractivity contribution is 7.12. The zero-order valence-corrected chi connectivity index (χ0v) is 18.2. The first-order chi connectivity index (χ1) is 13.8. The van der Waals surface area contributed by atoms with Gasteiger partial charge in [0.2, 0.25) is 5.91 Å². The lowest BCUT2D eigenvalue weighted by molar-refractivity contribution is -0.124. The second-order valence-corrected chi connectivity index (χ2v) is 10.3. The Labute approximate surface area is 177 Å². The minimum absolute atomic E-state index is 0.0756. The number of fused-ring (bicyclic) bond motifs is 2. The summed E-state index contributed by atoms with van der Waals surface area (Å²) in [4.78, 5) is 26.6. The van der Waals surface area contributed by atoms with Crippen LogP contribution in [0.2, 0.25) is 0 Å². The molecule has 2 bridgehead atoms. The number of thiophene rings is 1. The summed E-state index contributed by atoms with van der Waals surface area (Å²) in [6.45, 7) is 7.01. The van der Waals surface area contributed by atoms with E-state index in [-0.39, 0.29) is 28.7 Å². The van der Waals surface area contributed by atoms with Crippen LogP contribution in [0.1, 0.15) is 55.3 Å². The SMILES string of the molecule is CC1(C)[C@H]2CC[C@]1(C)[C@H](NC(=O)[C@H](Cc1ccccc1)NC(=O)c1cccs1)C2. The fourth-order valence-electron chi connectivity index (χ4n) is 5.39. The predicted octanol–water partition coefficient (Wildman–Crippen LogP) is 4.42. The Morgan fingerprint density at radius 1 is 1.14 bits per heavy atom. The molecule has 2 aliphatic carbocycles. The monoisotopic (exact) mass is 410 g/mol. The molecule has 0 radical (unpaired) electrons. The van der Waals surface area contributed by atoms with Gasteiger partial charge in [-0.25, -0.2) is 0 Å². The van der Waals surface area contributed by atoms with E-state index in [0.29, 0.717) is 17.2 Å². The Balaban J connectivity index is 1.51. The number of amides is 2. The number of rotatable bonds is 6. The molecule has 2 aromatic rings. The van der Waals surface area contributed by atoms with Crippen molar-refractivity contribution >= 4 is 23.2 Å². The maximum atomic E-state index is 13.3. The molecular weight excluding hydrogens is 380 g/mol. The first-order valence-electron chi connectivity index (χ1n) is 10.5. The van der Waals surface area contributed by atoms with Crippen molar-refractivity contribution in [3.63, 3.8) is 0 Å². The predicted molar refractivity (Wildman–Crippen MR) is 117 cm³/mol. The van der Waals surface area contributed by atoms with E-state index in [1.165, 1.54) is 17.8 Å². The molecule has 29 heavy (non-hydrogen) atoms. The van der Waals surface area contributed by atoms with Gasteiger partial charge in [-0.15, -0.1) is 11.3 Å². The highest BCUT2D eigenvalue weighted by Gasteiger charge is 2.61. The summed E-state index contributed by atoms with van der Waals surface area (Å²) in [6.07, 6.45) is 3.92. The third-order valence-corrected chi connectivity index (χ3v) is 8.63. The number of carbonyl (C=O) groups excluding carboxylic acids is 2. The molecule has 0 saturated heterocycles. The van der Waals surface area contributed by atoms with Crippen LogP contribution in [0, 0.1) is 16.7 Å². The fourth-order valence-corrected chi connectivity index (χ4v) is 6.02. The van der Waals surface area contributed by atoms with Gasteiger partial charge in [-0.05, 0) is 53.0 Å². The lowest BCUT2D eigenvalue weighted by Crippen LogP contribution is -2.54. The number of nitrogens with one attached hydrogen (secondary N) is 2. The van der Waals surface area contributed by atoms with Gasteiger partial charge in [0, 0.05) is 12.5 Å².